The number of phenolic OH excluding ortho intramolecular Hbond substituents is 1. The fraction of sp³-hybridized carbons (Fsp3) is 0.632. The summed E-state index contributed by atoms with van der Waals surface area (Å²) >= 11 is 0. The number of phenols is 1. The number of aromatic hydroxyl groups is 1. The van der Waals surface area contributed by atoms with Gasteiger partial charge in [0.15, 0.2) is 11.5 Å². The molecule has 3 nitrogen and oxygen atoms in total. The highest BCUT2D eigenvalue weighted by Crippen LogP contribution is 2.60. The predicted molar refractivity (Wildman–Crippen MR) is 84.3 cm³/mol. The number of aryl methyl sites for hydroxylation is 1. The first-order valence-electron chi connectivity index (χ1n) is 9.77. The minimum Gasteiger partial charge on any atom is -0.504 e. The maximum Gasteiger partial charge on any atom is 0.160 e. The molecule has 1 aromatic carbocycles. The number of fused-ring (bicyclic) bond motifs is 5. The molecule has 3 heteroatoms. The van der Waals surface area contributed by atoms with Gasteiger partial charge in [-0.3, -0.25) is 4.79 Å². The van der Waals surface area contributed by atoms with E-state index in [1.165, 1.54) is 0 Å². The van der Waals surface area contributed by atoms with Crippen molar-refractivity contribution in [3.05, 3.63) is 23.3 Å². The van der Waals surface area contributed by atoms with Crippen molar-refractivity contribution in [3.8, 4) is 11.5 Å². The molecule has 0 amide bonds. The van der Waals surface area contributed by atoms with Crippen LogP contribution in [0.2, 0.25) is 0 Å². The molecule has 4 rings (SSSR count). The second-order valence-corrected chi connectivity index (χ2v) is 7.45. The Morgan fingerprint density at radius 1 is 1.32 bits per heavy atom. The third-order valence-electron chi connectivity index (χ3n) is 6.62. The van der Waals surface area contributed by atoms with E-state index in [2.05, 4.69) is 6.92 Å². The lowest BCUT2D eigenvalue weighted by molar-refractivity contribution is -0.129. The quantitative estimate of drug-likeness (QED) is 0.857. The number of hydrogen-bond donors (Lipinski definition) is 1. The van der Waals surface area contributed by atoms with Crippen LogP contribution in [0, 0.1) is 17.3 Å². The van der Waals surface area contributed by atoms with Crippen molar-refractivity contribution in [3.63, 3.8) is 0 Å². The number of carbonyl (C=O) groups excluding carboxylic acids is 1. The smallest absolute Gasteiger partial charge is 0.160 e. The Labute approximate surface area is 135 Å². The number of ketones is 1. The lowest BCUT2D eigenvalue weighted by Crippen LogP contribution is -2.42. The summed E-state index contributed by atoms with van der Waals surface area (Å²) in [4.78, 5) is 12.4. The highest BCUT2D eigenvalue weighted by Gasteiger charge is 2.54. The molecule has 0 bridgehead atoms. The van der Waals surface area contributed by atoms with E-state index in [4.69, 9.17) is 8.85 Å². The van der Waals surface area contributed by atoms with E-state index in [0.717, 1.165) is 43.2 Å². The molecule has 22 heavy (non-hydrogen) atoms. The zero-order valence-corrected chi connectivity index (χ0v) is 12.9. The van der Waals surface area contributed by atoms with Gasteiger partial charge >= 0.3 is 0 Å². The fourth-order valence-corrected chi connectivity index (χ4v) is 5.44. The molecule has 4 atom stereocenters. The minimum atomic E-state index is -2.57. The van der Waals surface area contributed by atoms with Crippen molar-refractivity contribution < 1.29 is 18.8 Å². The number of Topliss-reactive ketones (excluding diaryl/α,β-unsaturated/α-hetero) is 1. The van der Waals surface area contributed by atoms with Crippen molar-refractivity contribution in [2.75, 3.05) is 7.04 Å². The Hall–Kier alpha value is -1.51. The van der Waals surface area contributed by atoms with Crippen molar-refractivity contribution >= 4 is 5.78 Å². The summed E-state index contributed by atoms with van der Waals surface area (Å²) in [6, 6.07) is 3.40. The summed E-state index contributed by atoms with van der Waals surface area (Å²) in [6.07, 6.45) is 5.41. The van der Waals surface area contributed by atoms with Gasteiger partial charge < -0.3 is 9.84 Å². The van der Waals surface area contributed by atoms with Gasteiger partial charge in [-0.1, -0.05) is 6.92 Å². The molecule has 0 radical (unpaired) electrons. The van der Waals surface area contributed by atoms with E-state index >= 15 is 0 Å². The van der Waals surface area contributed by atoms with Crippen LogP contribution >= 0.6 is 0 Å². The molecule has 2 saturated carbocycles. The molecule has 0 saturated heterocycles. The molecule has 0 heterocycles. The Morgan fingerprint density at radius 3 is 3.00 bits per heavy atom. The van der Waals surface area contributed by atoms with Gasteiger partial charge in [0.1, 0.15) is 5.78 Å². The fourth-order valence-electron chi connectivity index (χ4n) is 5.44. The van der Waals surface area contributed by atoms with Gasteiger partial charge in [0.05, 0.1) is 11.2 Å². The van der Waals surface area contributed by atoms with Crippen LogP contribution in [-0.2, 0) is 11.2 Å². The lowest BCUT2D eigenvalue weighted by atomic mass is 9.55. The number of hydrogen-bond acceptors (Lipinski definition) is 3. The average molecular weight is 303 g/mol. The first kappa shape index (κ1) is 11.1. The topological polar surface area (TPSA) is 46.5 Å². The van der Waals surface area contributed by atoms with Crippen LogP contribution in [0.3, 0.4) is 0 Å². The normalized spacial score (nSPS) is 39.0. The van der Waals surface area contributed by atoms with Crippen molar-refractivity contribution in [1.29, 1.82) is 0 Å². The molecular formula is C19H24O3. The van der Waals surface area contributed by atoms with Gasteiger partial charge in [-0.15, -0.1) is 0 Å². The molecule has 3 aliphatic rings. The third-order valence-corrected chi connectivity index (χ3v) is 6.62. The monoisotopic (exact) mass is 303 g/mol. The van der Waals surface area contributed by atoms with E-state index in [9.17, 15) is 9.90 Å². The molecule has 2 fully saturated rings. The third kappa shape index (κ3) is 1.77. The van der Waals surface area contributed by atoms with Gasteiger partial charge in [0, 0.05) is 11.8 Å². The first-order valence-corrected chi connectivity index (χ1v) is 8.27. The van der Waals surface area contributed by atoms with Crippen LogP contribution < -0.4 is 4.74 Å². The standard InChI is InChI=1S/C19H24O3/c1-19-8-7-12-13(15(19)5-6-18(19)21)4-3-11-9-17(22-2)16(20)10-14(11)12/h9-10,12-13,15,20H,3-8H2,1-2H3/t12-,13+,15-,19-/m0/s1/i2D3. The van der Waals surface area contributed by atoms with E-state index in [0.29, 0.717) is 30.0 Å². The Balaban J connectivity index is 1.67. The van der Waals surface area contributed by atoms with Gasteiger partial charge in [0.2, 0.25) is 0 Å². The largest absolute Gasteiger partial charge is 0.504 e. The van der Waals surface area contributed by atoms with Crippen LogP contribution in [0.5, 0.6) is 11.5 Å². The molecule has 0 aliphatic heterocycles. The van der Waals surface area contributed by atoms with Crippen molar-refractivity contribution in [2.45, 2.75) is 51.4 Å². The first-order chi connectivity index (χ1) is 11.7. The number of rotatable bonds is 1. The van der Waals surface area contributed by atoms with E-state index in [-0.39, 0.29) is 16.9 Å². The van der Waals surface area contributed by atoms with Crippen molar-refractivity contribution in [2.24, 2.45) is 17.3 Å². The van der Waals surface area contributed by atoms with Gasteiger partial charge in [-0.2, -0.15) is 0 Å². The van der Waals surface area contributed by atoms with Crippen LogP contribution in [0.1, 0.15) is 60.2 Å². The summed E-state index contributed by atoms with van der Waals surface area (Å²) in [5, 5.41) is 10.3. The summed E-state index contributed by atoms with van der Waals surface area (Å²) in [5.41, 5.74) is 2.03. The molecule has 118 valence electrons. The molecular weight excluding hydrogens is 276 g/mol. The molecule has 0 spiro atoms. The van der Waals surface area contributed by atoms with Crippen LogP contribution in [0.4, 0.5) is 0 Å². The Morgan fingerprint density at radius 2 is 2.18 bits per heavy atom. The average Bonchev–Trinajstić information content (AvgIpc) is 2.82. The molecule has 0 aromatic heterocycles. The van der Waals surface area contributed by atoms with Crippen LogP contribution in [0.25, 0.3) is 0 Å². The maximum atomic E-state index is 12.4. The van der Waals surface area contributed by atoms with Gasteiger partial charge in [0.25, 0.3) is 0 Å². The summed E-state index contributed by atoms with van der Waals surface area (Å²) in [6.45, 7) is 2.14. The van der Waals surface area contributed by atoms with Crippen molar-refractivity contribution in [1.82, 2.24) is 0 Å². The second-order valence-electron chi connectivity index (χ2n) is 7.45. The number of carbonyl (C=O) groups is 1. The van der Waals surface area contributed by atoms with E-state index < -0.39 is 7.04 Å². The molecule has 0 unspecified atom stereocenters. The van der Waals surface area contributed by atoms with E-state index in [1.807, 2.05) is 0 Å². The highest BCUT2D eigenvalue weighted by atomic mass is 16.5. The van der Waals surface area contributed by atoms with Crippen LogP contribution in [0.15, 0.2) is 12.1 Å². The molecule has 1 aromatic rings. The molecule has 3 aliphatic carbocycles. The van der Waals surface area contributed by atoms with Crippen LogP contribution in [-0.4, -0.2) is 17.9 Å². The van der Waals surface area contributed by atoms with E-state index in [1.54, 1.807) is 12.1 Å². The maximum absolute atomic E-state index is 12.4. The summed E-state index contributed by atoms with van der Waals surface area (Å²) in [5.74, 6) is 1.62. The summed E-state index contributed by atoms with van der Waals surface area (Å²) < 4.78 is 26.7. The Kier molecular flexibility index (Phi) is 2.39. The number of benzene rings is 1. The second kappa shape index (κ2) is 4.74. The number of ether oxygens (including phenoxy) is 1. The Bertz CT molecular complexity index is 727. The molecule has 1 N–H and O–H groups in total. The summed E-state index contributed by atoms with van der Waals surface area (Å²) in [7, 11) is -2.57. The zero-order chi connectivity index (χ0) is 18.0. The lowest BCUT2D eigenvalue weighted by Gasteiger charge is -2.48. The number of methoxy groups -OCH3 is 1. The van der Waals surface area contributed by atoms with Gasteiger partial charge in [-0.25, -0.2) is 0 Å². The van der Waals surface area contributed by atoms with Gasteiger partial charge in [-0.05, 0) is 73.1 Å². The minimum absolute atomic E-state index is 0.0360. The highest BCUT2D eigenvalue weighted by molar-refractivity contribution is 5.87. The predicted octanol–water partition coefficient (Wildman–Crippen LogP) is 3.83. The SMILES string of the molecule is [2H]C([2H])([2H])Oc1cc2c(cc1O)[C@H]1CC[C@]3(C)C(=O)CC[C@H]3[C@@H]1CC2. The zero-order valence-electron chi connectivity index (χ0n) is 15.9.